The SMILES string of the molecule is CC(C)CC1C(=O)Nc2cc(C(C)(C)C)nn21. The van der Waals surface area contributed by atoms with E-state index in [0.29, 0.717) is 5.92 Å². The molecule has 4 heteroatoms. The molecule has 1 amide bonds. The minimum Gasteiger partial charge on any atom is -0.309 e. The van der Waals surface area contributed by atoms with Gasteiger partial charge in [-0.3, -0.25) is 4.79 Å². The van der Waals surface area contributed by atoms with Crippen LogP contribution in [0.25, 0.3) is 0 Å². The van der Waals surface area contributed by atoms with E-state index >= 15 is 0 Å². The van der Waals surface area contributed by atoms with E-state index in [1.54, 1.807) is 0 Å². The zero-order chi connectivity index (χ0) is 12.8. The zero-order valence-electron chi connectivity index (χ0n) is 11.2. The number of carbonyl (C=O) groups excluding carboxylic acids is 1. The third-order valence-corrected chi connectivity index (χ3v) is 3.05. The highest BCUT2D eigenvalue weighted by atomic mass is 16.2. The standard InChI is InChI=1S/C13H21N3O/c1-8(2)6-9-12(17)14-11-7-10(13(3,4)5)15-16(9)11/h7-9H,6H2,1-5H3,(H,14,17). The Kier molecular flexibility index (Phi) is 2.76. The lowest BCUT2D eigenvalue weighted by molar-refractivity contribution is -0.118. The molecule has 94 valence electrons. The summed E-state index contributed by atoms with van der Waals surface area (Å²) in [6.07, 6.45) is 0.837. The molecular formula is C13H21N3O. The smallest absolute Gasteiger partial charge is 0.250 e. The monoisotopic (exact) mass is 235 g/mol. The highest BCUT2D eigenvalue weighted by molar-refractivity contribution is 5.96. The van der Waals surface area contributed by atoms with Gasteiger partial charge in [-0.15, -0.1) is 0 Å². The molecule has 0 bridgehead atoms. The van der Waals surface area contributed by atoms with E-state index in [0.717, 1.165) is 17.9 Å². The number of amides is 1. The minimum absolute atomic E-state index is 0.0183. The number of hydrogen-bond acceptors (Lipinski definition) is 2. The van der Waals surface area contributed by atoms with Crippen molar-refractivity contribution in [1.82, 2.24) is 9.78 Å². The summed E-state index contributed by atoms with van der Waals surface area (Å²) in [4.78, 5) is 11.8. The summed E-state index contributed by atoms with van der Waals surface area (Å²) in [6, 6.07) is 1.85. The predicted octanol–water partition coefficient (Wildman–Crippen LogP) is 2.72. The summed E-state index contributed by atoms with van der Waals surface area (Å²) < 4.78 is 1.85. The van der Waals surface area contributed by atoms with Gasteiger partial charge in [0.2, 0.25) is 5.91 Å². The first-order chi connectivity index (χ1) is 7.79. The molecule has 0 saturated carbocycles. The molecule has 17 heavy (non-hydrogen) atoms. The molecule has 1 aromatic heterocycles. The maximum atomic E-state index is 11.8. The highest BCUT2D eigenvalue weighted by Crippen LogP contribution is 2.32. The maximum Gasteiger partial charge on any atom is 0.250 e. The third-order valence-electron chi connectivity index (χ3n) is 3.05. The molecule has 1 aliphatic heterocycles. The van der Waals surface area contributed by atoms with E-state index in [9.17, 15) is 4.79 Å². The van der Waals surface area contributed by atoms with Crippen LogP contribution < -0.4 is 5.32 Å². The van der Waals surface area contributed by atoms with Gasteiger partial charge in [0.15, 0.2) is 0 Å². The number of nitrogens with zero attached hydrogens (tertiary/aromatic N) is 2. The molecule has 1 N–H and O–H groups in total. The number of fused-ring (bicyclic) bond motifs is 1. The summed E-state index contributed by atoms with van der Waals surface area (Å²) in [5, 5.41) is 7.49. The van der Waals surface area contributed by atoms with Gasteiger partial charge in [0.25, 0.3) is 0 Å². The highest BCUT2D eigenvalue weighted by Gasteiger charge is 2.33. The van der Waals surface area contributed by atoms with Crippen molar-refractivity contribution in [1.29, 1.82) is 0 Å². The van der Waals surface area contributed by atoms with E-state index < -0.39 is 0 Å². The number of anilines is 1. The van der Waals surface area contributed by atoms with Crippen molar-refractivity contribution < 1.29 is 4.79 Å². The molecule has 1 aromatic rings. The Labute approximate surface area is 102 Å². The Morgan fingerprint density at radius 2 is 2.12 bits per heavy atom. The van der Waals surface area contributed by atoms with Gasteiger partial charge in [0.1, 0.15) is 11.9 Å². The molecule has 0 saturated heterocycles. The summed E-state index contributed by atoms with van der Waals surface area (Å²) in [5.41, 5.74) is 1.05. The van der Waals surface area contributed by atoms with Crippen molar-refractivity contribution in [2.24, 2.45) is 5.92 Å². The van der Waals surface area contributed by atoms with Crippen LogP contribution in [0.15, 0.2) is 6.07 Å². The fourth-order valence-electron chi connectivity index (χ4n) is 2.07. The molecule has 0 aliphatic carbocycles. The Balaban J connectivity index is 2.32. The Hall–Kier alpha value is -1.32. The van der Waals surface area contributed by atoms with E-state index in [4.69, 9.17) is 0 Å². The van der Waals surface area contributed by atoms with Crippen LogP contribution in [0.2, 0.25) is 0 Å². The molecule has 2 rings (SSSR count). The summed E-state index contributed by atoms with van der Waals surface area (Å²) in [6.45, 7) is 10.6. The van der Waals surface area contributed by atoms with Crippen LogP contribution in [0, 0.1) is 5.92 Å². The molecule has 0 radical (unpaired) electrons. The first-order valence-corrected chi connectivity index (χ1v) is 6.20. The number of rotatable bonds is 2. The second-order valence-electron chi connectivity index (χ2n) is 6.24. The van der Waals surface area contributed by atoms with Crippen molar-refractivity contribution in [3.63, 3.8) is 0 Å². The van der Waals surface area contributed by atoms with Crippen molar-refractivity contribution in [2.45, 2.75) is 52.5 Å². The van der Waals surface area contributed by atoms with Crippen LogP contribution in [-0.4, -0.2) is 15.7 Å². The van der Waals surface area contributed by atoms with E-state index in [-0.39, 0.29) is 17.4 Å². The van der Waals surface area contributed by atoms with Gasteiger partial charge in [-0.1, -0.05) is 34.6 Å². The van der Waals surface area contributed by atoms with Crippen LogP contribution in [-0.2, 0) is 10.2 Å². The predicted molar refractivity (Wildman–Crippen MR) is 68.0 cm³/mol. The van der Waals surface area contributed by atoms with Gasteiger partial charge in [-0.25, -0.2) is 4.68 Å². The number of nitrogens with one attached hydrogen (secondary N) is 1. The first-order valence-electron chi connectivity index (χ1n) is 6.20. The molecule has 2 heterocycles. The average Bonchev–Trinajstić information content (AvgIpc) is 2.66. The van der Waals surface area contributed by atoms with Crippen molar-refractivity contribution in [2.75, 3.05) is 5.32 Å². The number of hydrogen-bond donors (Lipinski definition) is 1. The molecule has 1 unspecified atom stereocenters. The Morgan fingerprint density at radius 1 is 1.47 bits per heavy atom. The molecule has 4 nitrogen and oxygen atoms in total. The summed E-state index contributed by atoms with van der Waals surface area (Å²) in [5.74, 6) is 1.39. The van der Waals surface area contributed by atoms with Crippen LogP contribution >= 0.6 is 0 Å². The molecule has 0 aromatic carbocycles. The van der Waals surface area contributed by atoms with Gasteiger partial charge in [0.05, 0.1) is 5.69 Å². The van der Waals surface area contributed by atoms with Gasteiger partial charge in [-0.05, 0) is 12.3 Å². The van der Waals surface area contributed by atoms with Crippen molar-refractivity contribution >= 4 is 11.7 Å². The van der Waals surface area contributed by atoms with Gasteiger partial charge in [0, 0.05) is 11.5 Å². The lowest BCUT2D eigenvalue weighted by Crippen LogP contribution is -2.20. The molecule has 1 aliphatic rings. The average molecular weight is 235 g/mol. The van der Waals surface area contributed by atoms with Gasteiger partial charge < -0.3 is 5.32 Å². The molecule has 0 fully saturated rings. The largest absolute Gasteiger partial charge is 0.309 e. The Morgan fingerprint density at radius 3 is 2.65 bits per heavy atom. The van der Waals surface area contributed by atoms with Crippen LogP contribution in [0.4, 0.5) is 5.82 Å². The Bertz CT molecular complexity index is 440. The second kappa shape index (κ2) is 3.86. The van der Waals surface area contributed by atoms with Crippen molar-refractivity contribution in [3.8, 4) is 0 Å². The second-order valence-corrected chi connectivity index (χ2v) is 6.24. The van der Waals surface area contributed by atoms with Crippen LogP contribution in [0.3, 0.4) is 0 Å². The van der Waals surface area contributed by atoms with Gasteiger partial charge in [-0.2, -0.15) is 5.10 Å². The fraction of sp³-hybridized carbons (Fsp3) is 0.692. The quantitative estimate of drug-likeness (QED) is 0.856. The fourth-order valence-corrected chi connectivity index (χ4v) is 2.07. The maximum absolute atomic E-state index is 11.8. The molecule has 1 atom stereocenters. The van der Waals surface area contributed by atoms with Crippen LogP contribution in [0.5, 0.6) is 0 Å². The van der Waals surface area contributed by atoms with Gasteiger partial charge >= 0.3 is 0 Å². The topological polar surface area (TPSA) is 46.9 Å². The van der Waals surface area contributed by atoms with E-state index in [2.05, 4.69) is 45.0 Å². The van der Waals surface area contributed by atoms with E-state index in [1.165, 1.54) is 0 Å². The zero-order valence-corrected chi connectivity index (χ0v) is 11.2. The molecular weight excluding hydrogens is 214 g/mol. The summed E-state index contributed by atoms with van der Waals surface area (Å²) >= 11 is 0. The van der Waals surface area contributed by atoms with Crippen LogP contribution in [0.1, 0.15) is 52.8 Å². The van der Waals surface area contributed by atoms with Crippen molar-refractivity contribution in [3.05, 3.63) is 11.8 Å². The lowest BCUT2D eigenvalue weighted by Gasteiger charge is -2.16. The number of aromatic nitrogens is 2. The first kappa shape index (κ1) is 12.1. The van der Waals surface area contributed by atoms with E-state index in [1.807, 2.05) is 10.7 Å². The lowest BCUT2D eigenvalue weighted by atomic mass is 9.92. The third kappa shape index (κ3) is 2.21. The normalized spacial score (nSPS) is 19.6. The minimum atomic E-state index is -0.138. The molecule has 0 spiro atoms. The number of carbonyl (C=O) groups is 1. The summed E-state index contributed by atoms with van der Waals surface area (Å²) in [7, 11) is 0.